The van der Waals surface area contributed by atoms with Crippen LogP contribution in [0.2, 0.25) is 0 Å². The molecular formula is C18H19N7O3. The zero-order valence-corrected chi connectivity index (χ0v) is 15.3. The van der Waals surface area contributed by atoms with Gasteiger partial charge in [0, 0.05) is 31.0 Å². The number of nitrogens with one attached hydrogen (secondary N) is 1. The van der Waals surface area contributed by atoms with Crippen LogP contribution in [0.5, 0.6) is 0 Å². The SMILES string of the molecule is COC(=O)c1cc2n(n1)CCCN(C(=O)Cc1nc(-c3cccnc3)n[nH]1)C2. The molecule has 0 saturated heterocycles. The van der Waals surface area contributed by atoms with Crippen molar-refractivity contribution in [1.82, 2.24) is 34.8 Å². The molecule has 0 saturated carbocycles. The first-order chi connectivity index (χ1) is 13.6. The van der Waals surface area contributed by atoms with Gasteiger partial charge < -0.3 is 9.64 Å². The van der Waals surface area contributed by atoms with E-state index in [2.05, 4.69) is 25.3 Å². The number of methoxy groups -OCH3 is 1. The van der Waals surface area contributed by atoms with Gasteiger partial charge in [0.25, 0.3) is 0 Å². The summed E-state index contributed by atoms with van der Waals surface area (Å²) in [6.45, 7) is 1.63. The zero-order chi connectivity index (χ0) is 19.5. The highest BCUT2D eigenvalue weighted by molar-refractivity contribution is 5.87. The van der Waals surface area contributed by atoms with E-state index in [9.17, 15) is 9.59 Å². The quantitative estimate of drug-likeness (QED) is 0.665. The van der Waals surface area contributed by atoms with Crippen LogP contribution in [0.3, 0.4) is 0 Å². The Morgan fingerprint density at radius 1 is 1.32 bits per heavy atom. The molecule has 10 heteroatoms. The number of carbonyl (C=O) groups is 2. The fraction of sp³-hybridized carbons (Fsp3) is 0.333. The maximum atomic E-state index is 12.8. The van der Waals surface area contributed by atoms with Crippen molar-refractivity contribution in [2.24, 2.45) is 0 Å². The van der Waals surface area contributed by atoms with E-state index < -0.39 is 5.97 Å². The number of aromatic nitrogens is 6. The van der Waals surface area contributed by atoms with E-state index in [0.29, 0.717) is 31.3 Å². The number of fused-ring (bicyclic) bond motifs is 1. The molecule has 3 aromatic rings. The third-order valence-corrected chi connectivity index (χ3v) is 4.53. The lowest BCUT2D eigenvalue weighted by Crippen LogP contribution is -2.32. The number of pyridine rings is 1. The van der Waals surface area contributed by atoms with Crippen LogP contribution in [0.4, 0.5) is 0 Å². The Labute approximate surface area is 160 Å². The number of amides is 1. The second-order valence-corrected chi connectivity index (χ2v) is 6.43. The smallest absolute Gasteiger partial charge is 0.358 e. The maximum Gasteiger partial charge on any atom is 0.358 e. The Morgan fingerprint density at radius 3 is 3.00 bits per heavy atom. The highest BCUT2D eigenvalue weighted by atomic mass is 16.5. The predicted molar refractivity (Wildman–Crippen MR) is 96.9 cm³/mol. The average Bonchev–Trinajstić information content (AvgIpc) is 3.30. The van der Waals surface area contributed by atoms with Gasteiger partial charge in [-0.05, 0) is 24.6 Å². The molecule has 1 amide bonds. The first-order valence-corrected chi connectivity index (χ1v) is 8.88. The average molecular weight is 381 g/mol. The molecule has 28 heavy (non-hydrogen) atoms. The summed E-state index contributed by atoms with van der Waals surface area (Å²) >= 11 is 0. The number of esters is 1. The fourth-order valence-electron chi connectivity index (χ4n) is 3.13. The zero-order valence-electron chi connectivity index (χ0n) is 15.3. The second kappa shape index (κ2) is 7.59. The summed E-state index contributed by atoms with van der Waals surface area (Å²) in [4.78, 5) is 34.6. The molecule has 10 nitrogen and oxygen atoms in total. The summed E-state index contributed by atoms with van der Waals surface area (Å²) < 4.78 is 6.48. The van der Waals surface area contributed by atoms with Crippen molar-refractivity contribution in [3.8, 4) is 11.4 Å². The lowest BCUT2D eigenvalue weighted by atomic mass is 10.2. The highest BCUT2D eigenvalue weighted by Crippen LogP contribution is 2.16. The molecule has 0 fully saturated rings. The first-order valence-electron chi connectivity index (χ1n) is 8.88. The number of carbonyl (C=O) groups excluding carboxylic acids is 2. The van der Waals surface area contributed by atoms with E-state index in [1.54, 1.807) is 34.1 Å². The molecule has 4 heterocycles. The second-order valence-electron chi connectivity index (χ2n) is 6.43. The molecule has 0 aliphatic carbocycles. The van der Waals surface area contributed by atoms with Crippen LogP contribution in [0, 0.1) is 0 Å². The van der Waals surface area contributed by atoms with Crippen LogP contribution in [0.25, 0.3) is 11.4 Å². The molecule has 0 atom stereocenters. The monoisotopic (exact) mass is 381 g/mol. The largest absolute Gasteiger partial charge is 0.464 e. The van der Waals surface area contributed by atoms with Gasteiger partial charge in [-0.2, -0.15) is 10.2 Å². The summed E-state index contributed by atoms with van der Waals surface area (Å²) in [5.41, 5.74) is 1.84. The number of aromatic amines is 1. The Kier molecular flexibility index (Phi) is 4.83. The molecule has 0 radical (unpaired) electrons. The summed E-state index contributed by atoms with van der Waals surface area (Å²) in [5.74, 6) is 0.454. The fourth-order valence-corrected chi connectivity index (χ4v) is 3.13. The number of ether oxygens (including phenoxy) is 1. The molecule has 1 aliphatic heterocycles. The van der Waals surface area contributed by atoms with E-state index in [-0.39, 0.29) is 18.0 Å². The first kappa shape index (κ1) is 17.8. The number of rotatable bonds is 4. The van der Waals surface area contributed by atoms with E-state index in [1.165, 1.54) is 7.11 Å². The third-order valence-electron chi connectivity index (χ3n) is 4.53. The lowest BCUT2D eigenvalue weighted by Gasteiger charge is -2.19. The molecule has 0 unspecified atom stereocenters. The molecule has 144 valence electrons. The minimum atomic E-state index is -0.483. The maximum absolute atomic E-state index is 12.8. The van der Waals surface area contributed by atoms with Gasteiger partial charge in [0.05, 0.1) is 25.8 Å². The van der Waals surface area contributed by atoms with Crippen molar-refractivity contribution in [3.63, 3.8) is 0 Å². The van der Waals surface area contributed by atoms with Crippen molar-refractivity contribution in [3.05, 3.63) is 47.8 Å². The molecule has 0 aromatic carbocycles. The van der Waals surface area contributed by atoms with E-state index in [1.807, 2.05) is 6.07 Å². The van der Waals surface area contributed by atoms with Crippen LogP contribution in [0.15, 0.2) is 30.6 Å². The number of hydrogen-bond donors (Lipinski definition) is 1. The Morgan fingerprint density at radius 2 is 2.21 bits per heavy atom. The van der Waals surface area contributed by atoms with E-state index in [4.69, 9.17) is 4.74 Å². The van der Waals surface area contributed by atoms with Gasteiger partial charge in [0.1, 0.15) is 5.82 Å². The summed E-state index contributed by atoms with van der Waals surface area (Å²) in [5, 5.41) is 11.2. The van der Waals surface area contributed by atoms with Gasteiger partial charge in [-0.3, -0.25) is 19.6 Å². The van der Waals surface area contributed by atoms with Gasteiger partial charge in [-0.1, -0.05) is 0 Å². The van der Waals surface area contributed by atoms with Crippen LogP contribution in [-0.2, 0) is 29.0 Å². The summed E-state index contributed by atoms with van der Waals surface area (Å²) in [7, 11) is 1.32. The minimum absolute atomic E-state index is 0.0665. The summed E-state index contributed by atoms with van der Waals surface area (Å²) in [6, 6.07) is 5.34. The number of hydrogen-bond acceptors (Lipinski definition) is 7. The van der Waals surface area contributed by atoms with E-state index in [0.717, 1.165) is 17.7 Å². The minimum Gasteiger partial charge on any atom is -0.464 e. The number of nitrogens with zero attached hydrogens (tertiary/aromatic N) is 6. The van der Waals surface area contributed by atoms with Crippen molar-refractivity contribution in [2.45, 2.75) is 25.9 Å². The summed E-state index contributed by atoms with van der Waals surface area (Å²) in [6.07, 6.45) is 4.21. The third kappa shape index (κ3) is 3.61. The Balaban J connectivity index is 1.46. The van der Waals surface area contributed by atoms with Crippen LogP contribution >= 0.6 is 0 Å². The highest BCUT2D eigenvalue weighted by Gasteiger charge is 2.23. The van der Waals surface area contributed by atoms with Gasteiger partial charge in [0.15, 0.2) is 11.5 Å². The lowest BCUT2D eigenvalue weighted by molar-refractivity contribution is -0.131. The Hall–Kier alpha value is -3.56. The molecule has 0 spiro atoms. The van der Waals surface area contributed by atoms with Gasteiger partial charge >= 0.3 is 5.97 Å². The van der Waals surface area contributed by atoms with Gasteiger partial charge in [-0.25, -0.2) is 9.78 Å². The molecule has 1 N–H and O–H groups in total. The molecule has 1 aliphatic rings. The number of H-pyrrole nitrogens is 1. The molecule has 3 aromatic heterocycles. The standard InChI is InChI=1S/C18H19N7O3/c1-28-18(27)14-8-13-11-24(6-3-7-25(13)23-14)16(26)9-15-20-17(22-21-15)12-4-2-5-19-10-12/h2,4-5,8,10H,3,6-7,9,11H2,1H3,(H,20,21,22). The van der Waals surface area contributed by atoms with Crippen LogP contribution in [-0.4, -0.2) is 60.4 Å². The van der Waals surface area contributed by atoms with Crippen molar-refractivity contribution in [2.75, 3.05) is 13.7 Å². The molecule has 4 rings (SSSR count). The molecule has 0 bridgehead atoms. The van der Waals surface area contributed by atoms with Crippen molar-refractivity contribution in [1.29, 1.82) is 0 Å². The van der Waals surface area contributed by atoms with Gasteiger partial charge in [-0.15, -0.1) is 0 Å². The topological polar surface area (TPSA) is 119 Å². The van der Waals surface area contributed by atoms with E-state index >= 15 is 0 Å². The predicted octanol–water partition coefficient (Wildman–Crippen LogP) is 0.825. The number of aryl methyl sites for hydroxylation is 1. The normalized spacial score (nSPS) is 13.7. The van der Waals surface area contributed by atoms with Crippen molar-refractivity contribution < 1.29 is 14.3 Å². The Bertz CT molecular complexity index is 996. The van der Waals surface area contributed by atoms with Crippen LogP contribution < -0.4 is 0 Å². The van der Waals surface area contributed by atoms with Crippen molar-refractivity contribution >= 4 is 11.9 Å². The molecular weight excluding hydrogens is 362 g/mol. The van der Waals surface area contributed by atoms with Crippen LogP contribution in [0.1, 0.15) is 28.4 Å². The van der Waals surface area contributed by atoms with Gasteiger partial charge in [0.2, 0.25) is 5.91 Å².